The van der Waals surface area contributed by atoms with Gasteiger partial charge in [-0.3, -0.25) is 0 Å². The van der Waals surface area contributed by atoms with Gasteiger partial charge in [0.1, 0.15) is 17.2 Å². The zero-order valence-electron chi connectivity index (χ0n) is 20.8. The molecule has 4 heteroatoms. The number of nitrogens with zero attached hydrogens (tertiary/aromatic N) is 1. The van der Waals surface area contributed by atoms with Crippen molar-refractivity contribution in [2.45, 2.75) is 38.5 Å². The highest BCUT2D eigenvalue weighted by molar-refractivity contribution is 5.93. The number of unbranched alkanes of at least 4 members (excludes halogenated alkanes) is 1. The number of piperidine rings is 1. The van der Waals surface area contributed by atoms with Crippen LogP contribution in [0.15, 0.2) is 78.9 Å². The summed E-state index contributed by atoms with van der Waals surface area (Å²) in [5.41, 5.74) is 4.59. The monoisotopic (exact) mass is 481 g/mol. The smallest absolute Gasteiger partial charge is 0.119 e. The standard InChI is InChI=1S/C32H35NO3/c34-27-11-8-25(9-12-27)30-16-10-26-23-28(35)13-17-31(26)32(30)22-24-6-14-29(15-7-24)36-21-5-4-20-33-18-2-1-3-19-33/h6-17,23,34-35H,1-5,18-22H2. The average molecular weight is 482 g/mol. The van der Waals surface area contributed by atoms with Crippen LogP contribution in [-0.4, -0.2) is 41.4 Å². The molecule has 1 saturated heterocycles. The van der Waals surface area contributed by atoms with E-state index in [2.05, 4.69) is 35.2 Å². The molecule has 0 radical (unpaired) electrons. The number of phenolic OH excluding ortho intramolecular Hbond substituents is 2. The maximum Gasteiger partial charge on any atom is 0.119 e. The molecule has 0 unspecified atom stereocenters. The van der Waals surface area contributed by atoms with E-state index in [9.17, 15) is 10.2 Å². The summed E-state index contributed by atoms with van der Waals surface area (Å²) in [5.74, 6) is 1.44. The van der Waals surface area contributed by atoms with Crippen LogP contribution in [0.3, 0.4) is 0 Å². The highest BCUT2D eigenvalue weighted by atomic mass is 16.5. The molecule has 1 heterocycles. The summed E-state index contributed by atoms with van der Waals surface area (Å²) in [5, 5.41) is 21.9. The van der Waals surface area contributed by atoms with Gasteiger partial charge in [0.05, 0.1) is 6.61 Å². The second-order valence-corrected chi connectivity index (χ2v) is 9.82. The second-order valence-electron chi connectivity index (χ2n) is 9.82. The molecule has 0 bridgehead atoms. The maximum atomic E-state index is 9.99. The summed E-state index contributed by atoms with van der Waals surface area (Å²) in [6.45, 7) is 4.46. The second kappa shape index (κ2) is 11.5. The van der Waals surface area contributed by atoms with Crippen LogP contribution < -0.4 is 4.74 Å². The number of fused-ring (bicyclic) bond motifs is 1. The molecule has 5 rings (SSSR count). The Hall–Kier alpha value is -3.50. The molecular weight excluding hydrogens is 446 g/mol. The first-order chi connectivity index (χ1) is 17.7. The molecule has 0 saturated carbocycles. The van der Waals surface area contributed by atoms with Gasteiger partial charge in [0.2, 0.25) is 0 Å². The van der Waals surface area contributed by atoms with Crippen molar-refractivity contribution in [2.75, 3.05) is 26.2 Å². The number of aromatic hydroxyl groups is 2. The van der Waals surface area contributed by atoms with Gasteiger partial charge >= 0.3 is 0 Å². The third kappa shape index (κ3) is 6.00. The number of hydrogen-bond acceptors (Lipinski definition) is 4. The summed E-state index contributed by atoms with van der Waals surface area (Å²) in [7, 11) is 0. The first-order valence-corrected chi connectivity index (χ1v) is 13.1. The molecule has 4 aromatic carbocycles. The molecule has 0 aliphatic carbocycles. The fourth-order valence-electron chi connectivity index (χ4n) is 5.20. The van der Waals surface area contributed by atoms with Gasteiger partial charge in [-0.2, -0.15) is 0 Å². The van der Waals surface area contributed by atoms with Crippen LogP contribution >= 0.6 is 0 Å². The van der Waals surface area contributed by atoms with Crippen molar-refractivity contribution in [1.29, 1.82) is 0 Å². The largest absolute Gasteiger partial charge is 0.508 e. The van der Waals surface area contributed by atoms with E-state index in [0.29, 0.717) is 0 Å². The van der Waals surface area contributed by atoms with Gasteiger partial charge in [0.25, 0.3) is 0 Å². The Morgan fingerprint density at radius 2 is 1.47 bits per heavy atom. The molecule has 2 N–H and O–H groups in total. The maximum absolute atomic E-state index is 9.99. The van der Waals surface area contributed by atoms with Crippen molar-refractivity contribution in [3.63, 3.8) is 0 Å². The topological polar surface area (TPSA) is 52.9 Å². The minimum Gasteiger partial charge on any atom is -0.508 e. The third-order valence-corrected chi connectivity index (χ3v) is 7.18. The zero-order chi connectivity index (χ0) is 24.7. The van der Waals surface area contributed by atoms with Gasteiger partial charge in [-0.05, 0) is 121 Å². The van der Waals surface area contributed by atoms with Crippen molar-refractivity contribution in [2.24, 2.45) is 0 Å². The number of hydrogen-bond donors (Lipinski definition) is 2. The highest BCUT2D eigenvalue weighted by Gasteiger charge is 2.12. The number of rotatable bonds is 9. The lowest BCUT2D eigenvalue weighted by molar-refractivity contribution is 0.216. The first-order valence-electron chi connectivity index (χ1n) is 13.1. The molecule has 1 fully saturated rings. The van der Waals surface area contributed by atoms with E-state index in [0.717, 1.165) is 47.1 Å². The first kappa shape index (κ1) is 24.2. The molecule has 186 valence electrons. The van der Waals surface area contributed by atoms with Gasteiger partial charge < -0.3 is 19.8 Å². The van der Waals surface area contributed by atoms with Crippen molar-refractivity contribution in [3.8, 4) is 28.4 Å². The van der Waals surface area contributed by atoms with E-state index in [1.807, 2.05) is 30.3 Å². The van der Waals surface area contributed by atoms with Crippen molar-refractivity contribution in [3.05, 3.63) is 90.0 Å². The summed E-state index contributed by atoms with van der Waals surface area (Å²) >= 11 is 0. The molecular formula is C32H35NO3. The predicted molar refractivity (Wildman–Crippen MR) is 147 cm³/mol. The minimum absolute atomic E-state index is 0.257. The van der Waals surface area contributed by atoms with Crippen LogP contribution in [0, 0.1) is 0 Å². The molecule has 4 nitrogen and oxygen atoms in total. The van der Waals surface area contributed by atoms with E-state index in [1.54, 1.807) is 18.2 Å². The Morgan fingerprint density at radius 3 is 2.25 bits per heavy atom. The number of phenols is 2. The molecule has 0 atom stereocenters. The molecule has 4 aromatic rings. The van der Waals surface area contributed by atoms with E-state index >= 15 is 0 Å². The number of benzene rings is 4. The Morgan fingerprint density at radius 1 is 0.722 bits per heavy atom. The van der Waals surface area contributed by atoms with Crippen LogP contribution in [0.5, 0.6) is 17.2 Å². The lowest BCUT2D eigenvalue weighted by atomic mass is 9.90. The van der Waals surface area contributed by atoms with E-state index in [-0.39, 0.29) is 11.5 Å². The van der Waals surface area contributed by atoms with Crippen LogP contribution in [-0.2, 0) is 6.42 Å². The molecule has 36 heavy (non-hydrogen) atoms. The fourth-order valence-corrected chi connectivity index (χ4v) is 5.20. The van der Waals surface area contributed by atoms with Crippen LogP contribution in [0.4, 0.5) is 0 Å². The lowest BCUT2D eigenvalue weighted by Gasteiger charge is -2.26. The van der Waals surface area contributed by atoms with Crippen molar-refractivity contribution in [1.82, 2.24) is 4.90 Å². The van der Waals surface area contributed by atoms with E-state index in [1.165, 1.54) is 56.4 Å². The number of ether oxygens (including phenoxy) is 1. The normalized spacial score (nSPS) is 14.2. The average Bonchev–Trinajstić information content (AvgIpc) is 2.90. The van der Waals surface area contributed by atoms with Crippen LogP contribution in [0.25, 0.3) is 21.9 Å². The summed E-state index contributed by atoms with van der Waals surface area (Å²) in [6, 6.07) is 25.4. The van der Waals surface area contributed by atoms with Crippen molar-refractivity contribution < 1.29 is 14.9 Å². The van der Waals surface area contributed by atoms with Gasteiger partial charge in [-0.1, -0.05) is 48.9 Å². The fraction of sp³-hybridized carbons (Fsp3) is 0.312. The van der Waals surface area contributed by atoms with Gasteiger partial charge in [0.15, 0.2) is 0 Å². The summed E-state index contributed by atoms with van der Waals surface area (Å²) < 4.78 is 6.02. The molecule has 1 aliphatic rings. The Labute approximate surface area is 213 Å². The zero-order valence-corrected chi connectivity index (χ0v) is 20.8. The highest BCUT2D eigenvalue weighted by Crippen LogP contribution is 2.34. The molecule has 0 amide bonds. The quantitative estimate of drug-likeness (QED) is 0.249. The molecule has 0 aromatic heterocycles. The van der Waals surface area contributed by atoms with Gasteiger partial charge in [-0.15, -0.1) is 0 Å². The molecule has 0 spiro atoms. The van der Waals surface area contributed by atoms with Crippen LogP contribution in [0.2, 0.25) is 0 Å². The predicted octanol–water partition coefficient (Wildman–Crippen LogP) is 7.15. The minimum atomic E-state index is 0.257. The molecule has 1 aliphatic heterocycles. The van der Waals surface area contributed by atoms with E-state index in [4.69, 9.17) is 4.74 Å². The van der Waals surface area contributed by atoms with Crippen LogP contribution in [0.1, 0.15) is 43.2 Å². The Balaban J connectivity index is 1.27. The Kier molecular flexibility index (Phi) is 7.73. The van der Waals surface area contributed by atoms with Gasteiger partial charge in [-0.25, -0.2) is 0 Å². The summed E-state index contributed by atoms with van der Waals surface area (Å²) in [4.78, 5) is 2.58. The van der Waals surface area contributed by atoms with E-state index < -0.39 is 0 Å². The van der Waals surface area contributed by atoms with Gasteiger partial charge in [0, 0.05) is 0 Å². The number of likely N-dealkylation sites (tertiary alicyclic amines) is 1. The third-order valence-electron chi connectivity index (χ3n) is 7.18. The van der Waals surface area contributed by atoms with Crippen molar-refractivity contribution >= 4 is 10.8 Å². The Bertz CT molecular complexity index is 1280. The summed E-state index contributed by atoms with van der Waals surface area (Å²) in [6.07, 6.45) is 7.11. The lowest BCUT2D eigenvalue weighted by Crippen LogP contribution is -2.30. The SMILES string of the molecule is Oc1ccc(-c2ccc3cc(O)ccc3c2Cc2ccc(OCCCCN3CCCCC3)cc2)cc1.